The van der Waals surface area contributed by atoms with Gasteiger partial charge in [0.2, 0.25) is 17.1 Å². The Morgan fingerprint density at radius 2 is 2.00 bits per heavy atom. The molecule has 1 atom stereocenters. The van der Waals surface area contributed by atoms with Gasteiger partial charge in [0, 0.05) is 17.6 Å². The third kappa shape index (κ3) is 3.96. The van der Waals surface area contributed by atoms with Crippen molar-refractivity contribution in [2.24, 2.45) is 5.73 Å². The van der Waals surface area contributed by atoms with Gasteiger partial charge in [-0.15, -0.1) is 0 Å². The van der Waals surface area contributed by atoms with Crippen LogP contribution in [-0.2, 0) is 20.9 Å². The maximum absolute atomic E-state index is 12.7. The quantitative estimate of drug-likeness (QED) is 0.503. The highest BCUT2D eigenvalue weighted by Gasteiger charge is 2.39. The Labute approximate surface area is 168 Å². The van der Waals surface area contributed by atoms with Crippen LogP contribution >= 0.6 is 15.9 Å². The van der Waals surface area contributed by atoms with Gasteiger partial charge in [0.15, 0.2) is 5.76 Å². The molecule has 28 heavy (non-hydrogen) atoms. The molecule has 3 rings (SSSR count). The molecule has 3 N–H and O–H groups in total. The van der Waals surface area contributed by atoms with Crippen molar-refractivity contribution in [3.63, 3.8) is 0 Å². The summed E-state index contributed by atoms with van der Waals surface area (Å²) < 4.78 is 22.0. The summed E-state index contributed by atoms with van der Waals surface area (Å²) in [5.41, 5.74) is 6.11. The van der Waals surface area contributed by atoms with Crippen LogP contribution in [0.1, 0.15) is 23.0 Å². The third-order valence-corrected chi connectivity index (χ3v) is 4.64. The average Bonchev–Trinajstić information content (AvgIpc) is 2.68. The van der Waals surface area contributed by atoms with Gasteiger partial charge in [-0.3, -0.25) is 4.79 Å². The number of benzene rings is 1. The molecule has 1 aliphatic heterocycles. The molecule has 0 bridgehead atoms. The lowest BCUT2D eigenvalue weighted by molar-refractivity contribution is -0.140. The standard InChI is InChI=1S/C19H18BrNO7/c1-25-6-7-26-19(24)15-14(10-2-4-11(20)5-3-10)17-16(28-18(15)21)13(23)8-12(9-22)27-17/h2-5,8,14,22H,6-7,9,21H2,1H3/t14-/m1/s1. The van der Waals surface area contributed by atoms with Gasteiger partial charge in [0.1, 0.15) is 24.5 Å². The molecule has 0 saturated carbocycles. The zero-order chi connectivity index (χ0) is 20.3. The molecular formula is C19H18BrNO7. The molecule has 0 fully saturated rings. The molecule has 148 valence electrons. The zero-order valence-corrected chi connectivity index (χ0v) is 16.5. The minimum Gasteiger partial charge on any atom is -0.460 e. The molecule has 9 heteroatoms. The lowest BCUT2D eigenvalue weighted by Gasteiger charge is -2.27. The van der Waals surface area contributed by atoms with Crippen LogP contribution in [0.15, 0.2) is 55.5 Å². The van der Waals surface area contributed by atoms with E-state index in [4.69, 9.17) is 24.4 Å². The monoisotopic (exact) mass is 451 g/mol. The first-order chi connectivity index (χ1) is 13.5. The number of fused-ring (bicyclic) bond motifs is 1. The SMILES string of the molecule is COCCOC(=O)C1=C(N)Oc2c(oc(CO)cc2=O)[C@@H]1c1ccc(Br)cc1. The Bertz CT molecular complexity index is 965. The molecule has 0 radical (unpaired) electrons. The van der Waals surface area contributed by atoms with Gasteiger partial charge >= 0.3 is 5.97 Å². The number of carbonyl (C=O) groups excluding carboxylic acids is 1. The van der Waals surface area contributed by atoms with Crippen LogP contribution in [0.4, 0.5) is 0 Å². The minimum atomic E-state index is -0.842. The lowest BCUT2D eigenvalue weighted by Crippen LogP contribution is -2.30. The summed E-state index contributed by atoms with van der Waals surface area (Å²) in [5, 5.41) is 9.41. The van der Waals surface area contributed by atoms with E-state index in [0.717, 1.165) is 10.5 Å². The number of rotatable bonds is 6. The van der Waals surface area contributed by atoms with E-state index in [1.807, 2.05) is 0 Å². The van der Waals surface area contributed by atoms with E-state index in [1.165, 1.54) is 7.11 Å². The van der Waals surface area contributed by atoms with Gasteiger partial charge in [0.05, 0.1) is 12.5 Å². The van der Waals surface area contributed by atoms with E-state index >= 15 is 0 Å². The number of aliphatic hydroxyl groups excluding tert-OH is 1. The van der Waals surface area contributed by atoms with E-state index in [1.54, 1.807) is 24.3 Å². The van der Waals surface area contributed by atoms with Gasteiger partial charge in [-0.25, -0.2) is 4.79 Å². The summed E-state index contributed by atoms with van der Waals surface area (Å²) in [6.45, 7) is -0.252. The van der Waals surface area contributed by atoms with Crippen molar-refractivity contribution in [1.82, 2.24) is 0 Å². The number of nitrogens with two attached hydrogens (primary N) is 1. The molecule has 1 aromatic heterocycles. The Morgan fingerprint density at radius 1 is 1.29 bits per heavy atom. The molecule has 0 amide bonds. The van der Waals surface area contributed by atoms with E-state index < -0.39 is 23.9 Å². The molecule has 2 aromatic rings. The average molecular weight is 452 g/mol. The maximum atomic E-state index is 12.7. The first-order valence-electron chi connectivity index (χ1n) is 8.33. The summed E-state index contributed by atoms with van der Waals surface area (Å²) in [5.74, 6) is -1.81. The van der Waals surface area contributed by atoms with Crippen molar-refractivity contribution >= 4 is 21.9 Å². The van der Waals surface area contributed by atoms with Crippen molar-refractivity contribution < 1.29 is 28.5 Å². The van der Waals surface area contributed by atoms with Crippen LogP contribution in [0.25, 0.3) is 0 Å². The second kappa shape index (κ2) is 8.59. The number of halogens is 1. The number of ether oxygens (including phenoxy) is 3. The van der Waals surface area contributed by atoms with Crippen LogP contribution in [-0.4, -0.2) is 31.4 Å². The first-order valence-corrected chi connectivity index (χ1v) is 9.12. The predicted molar refractivity (Wildman–Crippen MR) is 102 cm³/mol. The molecule has 0 spiro atoms. The Hall–Kier alpha value is -2.62. The topological polar surface area (TPSA) is 121 Å². The Balaban J connectivity index is 2.15. The highest BCUT2D eigenvalue weighted by Crippen LogP contribution is 2.41. The molecule has 2 heterocycles. The molecule has 1 aliphatic rings. The number of aliphatic hydroxyl groups is 1. The van der Waals surface area contributed by atoms with Crippen LogP contribution in [0.2, 0.25) is 0 Å². The molecule has 1 aromatic carbocycles. The minimum absolute atomic E-state index is 0.00386. The van der Waals surface area contributed by atoms with Crippen molar-refractivity contribution in [3.8, 4) is 5.75 Å². The number of carbonyl (C=O) groups is 1. The summed E-state index contributed by atoms with van der Waals surface area (Å²) in [4.78, 5) is 25.1. The van der Waals surface area contributed by atoms with Gasteiger partial charge in [-0.1, -0.05) is 28.1 Å². The smallest absolute Gasteiger partial charge is 0.340 e. The van der Waals surface area contributed by atoms with Crippen LogP contribution in [0.5, 0.6) is 5.75 Å². The Morgan fingerprint density at radius 3 is 2.64 bits per heavy atom. The molecule has 0 unspecified atom stereocenters. The number of esters is 1. The third-order valence-electron chi connectivity index (χ3n) is 4.11. The summed E-state index contributed by atoms with van der Waals surface area (Å²) in [6.07, 6.45) is 0. The highest BCUT2D eigenvalue weighted by atomic mass is 79.9. The summed E-state index contributed by atoms with van der Waals surface area (Å²) in [7, 11) is 1.48. The molecule has 0 aliphatic carbocycles. The second-order valence-corrected chi connectivity index (χ2v) is 6.84. The first kappa shape index (κ1) is 20.1. The van der Waals surface area contributed by atoms with Crippen LogP contribution in [0, 0.1) is 0 Å². The fourth-order valence-electron chi connectivity index (χ4n) is 2.84. The fraction of sp³-hybridized carbons (Fsp3) is 0.263. The van der Waals surface area contributed by atoms with Crippen molar-refractivity contribution in [1.29, 1.82) is 0 Å². The summed E-state index contributed by atoms with van der Waals surface area (Å²) in [6, 6.07) is 8.19. The lowest BCUT2D eigenvalue weighted by atomic mass is 9.86. The van der Waals surface area contributed by atoms with Crippen molar-refractivity contribution in [2.75, 3.05) is 20.3 Å². The summed E-state index contributed by atoms with van der Waals surface area (Å²) >= 11 is 3.36. The van der Waals surface area contributed by atoms with E-state index in [9.17, 15) is 14.7 Å². The number of hydrogen-bond donors (Lipinski definition) is 2. The predicted octanol–water partition coefficient (Wildman–Crippen LogP) is 1.78. The van der Waals surface area contributed by atoms with E-state index in [0.29, 0.717) is 5.56 Å². The highest BCUT2D eigenvalue weighted by molar-refractivity contribution is 9.10. The van der Waals surface area contributed by atoms with Crippen LogP contribution in [0.3, 0.4) is 0 Å². The molecule has 0 saturated heterocycles. The van der Waals surface area contributed by atoms with E-state index in [2.05, 4.69) is 15.9 Å². The maximum Gasteiger partial charge on any atom is 0.340 e. The zero-order valence-electron chi connectivity index (χ0n) is 14.9. The number of methoxy groups -OCH3 is 1. The van der Waals surface area contributed by atoms with Crippen LogP contribution < -0.4 is 15.9 Å². The van der Waals surface area contributed by atoms with Gasteiger partial charge in [-0.2, -0.15) is 0 Å². The molecule has 8 nitrogen and oxygen atoms in total. The number of hydrogen-bond acceptors (Lipinski definition) is 8. The fourth-order valence-corrected chi connectivity index (χ4v) is 3.11. The Kier molecular flexibility index (Phi) is 6.18. The normalized spacial score (nSPS) is 15.8. The molecular weight excluding hydrogens is 434 g/mol. The van der Waals surface area contributed by atoms with Crippen molar-refractivity contribution in [2.45, 2.75) is 12.5 Å². The largest absolute Gasteiger partial charge is 0.460 e. The van der Waals surface area contributed by atoms with E-state index in [-0.39, 0.29) is 41.9 Å². The van der Waals surface area contributed by atoms with Gasteiger partial charge < -0.3 is 29.5 Å². The van der Waals surface area contributed by atoms with Gasteiger partial charge in [-0.05, 0) is 17.7 Å². The van der Waals surface area contributed by atoms with Crippen molar-refractivity contribution in [3.05, 3.63) is 73.6 Å². The second-order valence-electron chi connectivity index (χ2n) is 5.92. The van der Waals surface area contributed by atoms with Gasteiger partial charge in [0.25, 0.3) is 0 Å².